The van der Waals surface area contributed by atoms with Crippen LogP contribution in [0.25, 0.3) is 0 Å². The van der Waals surface area contributed by atoms with E-state index in [1.807, 2.05) is 0 Å². The topological polar surface area (TPSA) is 66.6 Å². The normalized spacial score (nSPS) is 25.9. The van der Waals surface area contributed by atoms with Gasteiger partial charge >= 0.3 is 0 Å². The van der Waals surface area contributed by atoms with E-state index in [-0.39, 0.29) is 18.4 Å². The number of nitrogens with zero attached hydrogens (tertiary/aromatic N) is 1. The molecule has 0 radical (unpaired) electrons. The first-order valence-corrected chi connectivity index (χ1v) is 4.30. The van der Waals surface area contributed by atoms with Crippen LogP contribution in [0.15, 0.2) is 0 Å². The van der Waals surface area contributed by atoms with Gasteiger partial charge < -0.3 is 15.7 Å². The Morgan fingerprint density at radius 3 is 2.92 bits per heavy atom. The van der Waals surface area contributed by atoms with Crippen molar-refractivity contribution in [3.8, 4) is 0 Å². The van der Waals surface area contributed by atoms with Crippen LogP contribution in [0.1, 0.15) is 13.3 Å². The molecule has 4 nitrogen and oxygen atoms in total. The molecule has 1 rings (SSSR count). The largest absolute Gasteiger partial charge is 0.396 e. The van der Waals surface area contributed by atoms with Gasteiger partial charge in [-0.3, -0.25) is 4.79 Å². The molecule has 70 valence electrons. The first-order chi connectivity index (χ1) is 5.65. The molecule has 2 atom stereocenters. The number of amides is 1. The van der Waals surface area contributed by atoms with Crippen LogP contribution in [0.3, 0.4) is 0 Å². The summed E-state index contributed by atoms with van der Waals surface area (Å²) in [4.78, 5) is 13.1. The molecule has 1 saturated heterocycles. The van der Waals surface area contributed by atoms with Crippen molar-refractivity contribution in [2.45, 2.75) is 19.4 Å². The second-order valence-electron chi connectivity index (χ2n) is 3.41. The molecular weight excluding hydrogens is 156 g/mol. The molecule has 1 fully saturated rings. The predicted molar refractivity (Wildman–Crippen MR) is 45.4 cm³/mol. The summed E-state index contributed by atoms with van der Waals surface area (Å²) in [5, 5.41) is 8.83. The minimum atomic E-state index is -0.414. The van der Waals surface area contributed by atoms with Crippen molar-refractivity contribution >= 4 is 5.91 Å². The molecule has 12 heavy (non-hydrogen) atoms. The quantitative estimate of drug-likeness (QED) is 0.571. The van der Waals surface area contributed by atoms with Crippen LogP contribution in [-0.2, 0) is 4.79 Å². The fourth-order valence-electron chi connectivity index (χ4n) is 1.47. The average molecular weight is 172 g/mol. The number of hydrogen-bond donors (Lipinski definition) is 2. The number of carbonyl (C=O) groups excluding carboxylic acids is 1. The minimum Gasteiger partial charge on any atom is -0.396 e. The highest BCUT2D eigenvalue weighted by molar-refractivity contribution is 5.81. The van der Waals surface area contributed by atoms with E-state index in [0.29, 0.717) is 6.54 Å². The Hall–Kier alpha value is -0.610. The highest BCUT2D eigenvalue weighted by atomic mass is 16.3. The van der Waals surface area contributed by atoms with Gasteiger partial charge in [-0.05, 0) is 13.3 Å². The van der Waals surface area contributed by atoms with Crippen LogP contribution in [0.4, 0.5) is 0 Å². The van der Waals surface area contributed by atoms with E-state index in [2.05, 4.69) is 0 Å². The molecule has 0 spiro atoms. The van der Waals surface area contributed by atoms with Crippen LogP contribution >= 0.6 is 0 Å². The van der Waals surface area contributed by atoms with Crippen molar-refractivity contribution in [3.63, 3.8) is 0 Å². The van der Waals surface area contributed by atoms with Crippen LogP contribution in [0.2, 0.25) is 0 Å². The number of hydrogen-bond acceptors (Lipinski definition) is 3. The maximum atomic E-state index is 11.3. The highest BCUT2D eigenvalue weighted by Crippen LogP contribution is 2.15. The Morgan fingerprint density at radius 2 is 2.50 bits per heavy atom. The first-order valence-electron chi connectivity index (χ1n) is 4.30. The lowest BCUT2D eigenvalue weighted by atomic mass is 10.1. The molecule has 1 amide bonds. The van der Waals surface area contributed by atoms with Crippen molar-refractivity contribution in [2.24, 2.45) is 11.7 Å². The summed E-state index contributed by atoms with van der Waals surface area (Å²) in [6.45, 7) is 3.26. The molecule has 0 bridgehead atoms. The molecular formula is C8H16N2O2. The lowest BCUT2D eigenvalue weighted by Crippen LogP contribution is -2.40. The summed E-state index contributed by atoms with van der Waals surface area (Å²) < 4.78 is 0. The third-order valence-electron chi connectivity index (χ3n) is 2.25. The zero-order valence-corrected chi connectivity index (χ0v) is 7.36. The maximum Gasteiger partial charge on any atom is 0.239 e. The standard InChI is InChI=1S/C8H16N2O2/c1-6(9)8(12)10-3-2-7(4-10)5-11/h6-7,11H,2-5,9H2,1H3/t6-,7?/m1/s1. The predicted octanol–water partition coefficient (Wildman–Crippen LogP) is -0.826. The van der Waals surface area contributed by atoms with Gasteiger partial charge in [0.2, 0.25) is 5.91 Å². The van der Waals surface area contributed by atoms with Crippen LogP contribution in [0.5, 0.6) is 0 Å². The Balaban J connectivity index is 2.41. The Labute approximate surface area is 72.3 Å². The second-order valence-corrected chi connectivity index (χ2v) is 3.41. The van der Waals surface area contributed by atoms with Crippen molar-refractivity contribution in [2.75, 3.05) is 19.7 Å². The highest BCUT2D eigenvalue weighted by Gasteiger charge is 2.26. The van der Waals surface area contributed by atoms with E-state index in [1.54, 1.807) is 11.8 Å². The van der Waals surface area contributed by atoms with Gasteiger partial charge in [0.15, 0.2) is 0 Å². The molecule has 4 heteroatoms. The summed E-state index contributed by atoms with van der Waals surface area (Å²) >= 11 is 0. The van der Waals surface area contributed by atoms with Gasteiger partial charge in [0, 0.05) is 25.6 Å². The third-order valence-corrected chi connectivity index (χ3v) is 2.25. The smallest absolute Gasteiger partial charge is 0.239 e. The zero-order chi connectivity index (χ0) is 9.14. The number of rotatable bonds is 2. The number of likely N-dealkylation sites (tertiary alicyclic amines) is 1. The molecule has 0 aromatic carbocycles. The van der Waals surface area contributed by atoms with Crippen molar-refractivity contribution in [1.82, 2.24) is 4.90 Å². The van der Waals surface area contributed by atoms with Gasteiger partial charge in [-0.1, -0.05) is 0 Å². The molecule has 1 aliphatic rings. The Bertz CT molecular complexity index is 170. The molecule has 0 aromatic heterocycles. The summed E-state index contributed by atoms with van der Waals surface area (Å²) in [5.74, 6) is 0.249. The first kappa shape index (κ1) is 9.48. The number of aliphatic hydroxyl groups is 1. The molecule has 3 N–H and O–H groups in total. The van der Waals surface area contributed by atoms with Crippen LogP contribution < -0.4 is 5.73 Å². The van der Waals surface area contributed by atoms with Gasteiger partial charge in [-0.15, -0.1) is 0 Å². The fraction of sp³-hybridized carbons (Fsp3) is 0.875. The number of nitrogens with two attached hydrogens (primary N) is 1. The second kappa shape index (κ2) is 3.87. The Kier molecular flexibility index (Phi) is 3.05. The Morgan fingerprint density at radius 1 is 1.83 bits per heavy atom. The van der Waals surface area contributed by atoms with Crippen molar-refractivity contribution in [3.05, 3.63) is 0 Å². The van der Waals surface area contributed by atoms with E-state index in [4.69, 9.17) is 10.8 Å². The molecule has 0 aromatic rings. The van der Waals surface area contributed by atoms with Gasteiger partial charge in [0.25, 0.3) is 0 Å². The van der Waals surface area contributed by atoms with Crippen LogP contribution in [0, 0.1) is 5.92 Å². The minimum absolute atomic E-state index is 0.00838. The summed E-state index contributed by atoms with van der Waals surface area (Å²) in [5.41, 5.74) is 5.45. The molecule has 1 heterocycles. The number of aliphatic hydroxyl groups excluding tert-OH is 1. The van der Waals surface area contributed by atoms with E-state index < -0.39 is 6.04 Å². The monoisotopic (exact) mass is 172 g/mol. The maximum absolute atomic E-state index is 11.3. The van der Waals surface area contributed by atoms with E-state index in [9.17, 15) is 4.79 Å². The average Bonchev–Trinajstić information content (AvgIpc) is 2.50. The summed E-state index contributed by atoms with van der Waals surface area (Å²) in [6.07, 6.45) is 0.898. The summed E-state index contributed by atoms with van der Waals surface area (Å²) in [7, 11) is 0. The van der Waals surface area contributed by atoms with E-state index in [0.717, 1.165) is 13.0 Å². The summed E-state index contributed by atoms with van der Waals surface area (Å²) in [6, 6.07) is -0.414. The third kappa shape index (κ3) is 1.95. The molecule has 1 aliphatic heterocycles. The van der Waals surface area contributed by atoms with E-state index >= 15 is 0 Å². The molecule has 0 saturated carbocycles. The van der Waals surface area contributed by atoms with Gasteiger partial charge in [-0.2, -0.15) is 0 Å². The molecule has 1 unspecified atom stereocenters. The van der Waals surface area contributed by atoms with E-state index in [1.165, 1.54) is 0 Å². The molecule has 0 aliphatic carbocycles. The SMILES string of the molecule is C[C@@H](N)C(=O)N1CCC(CO)C1. The van der Waals surface area contributed by atoms with Gasteiger partial charge in [0.1, 0.15) is 0 Å². The zero-order valence-electron chi connectivity index (χ0n) is 7.36. The van der Waals surface area contributed by atoms with Crippen molar-refractivity contribution in [1.29, 1.82) is 0 Å². The van der Waals surface area contributed by atoms with Crippen molar-refractivity contribution < 1.29 is 9.90 Å². The number of carbonyl (C=O) groups is 1. The van der Waals surface area contributed by atoms with Gasteiger partial charge in [0.05, 0.1) is 6.04 Å². The van der Waals surface area contributed by atoms with Crippen LogP contribution in [-0.4, -0.2) is 41.7 Å². The lowest BCUT2D eigenvalue weighted by Gasteiger charge is -2.18. The lowest BCUT2D eigenvalue weighted by molar-refractivity contribution is -0.131. The fourth-order valence-corrected chi connectivity index (χ4v) is 1.47. The van der Waals surface area contributed by atoms with Gasteiger partial charge in [-0.25, -0.2) is 0 Å².